The average Bonchev–Trinajstić information content (AvgIpc) is 3.37. The van der Waals surface area contributed by atoms with Gasteiger partial charge in [-0.2, -0.15) is 0 Å². The third-order valence-corrected chi connectivity index (χ3v) is 7.60. The average molecular weight is 415 g/mol. The lowest BCUT2D eigenvalue weighted by Gasteiger charge is -2.42. The number of ether oxygens (including phenoxy) is 1. The van der Waals surface area contributed by atoms with E-state index in [1.165, 1.54) is 30.0 Å². The van der Waals surface area contributed by atoms with Crippen LogP contribution in [-0.4, -0.2) is 58.7 Å². The van der Waals surface area contributed by atoms with E-state index in [0.29, 0.717) is 17.9 Å². The Balaban J connectivity index is 1.34. The minimum absolute atomic E-state index is 0.230. The third-order valence-electron chi connectivity index (χ3n) is 6.83. The molecule has 5 heterocycles. The molecule has 3 aliphatic rings. The fourth-order valence-electron chi connectivity index (χ4n) is 5.57. The SMILES string of the molecule is COC[C@@H]1CCCN1Cc1ccc2n(c1=O)C[C@H]1C[C@@H]2CN(Cc2nccs2)C1. The highest BCUT2D eigenvalue weighted by Crippen LogP contribution is 2.36. The van der Waals surface area contributed by atoms with Crippen molar-refractivity contribution in [2.45, 2.75) is 50.9 Å². The molecule has 0 spiro atoms. The third kappa shape index (κ3) is 3.93. The molecule has 0 N–H and O–H groups in total. The number of methoxy groups -OCH3 is 1. The van der Waals surface area contributed by atoms with E-state index in [4.69, 9.17) is 4.74 Å². The quantitative estimate of drug-likeness (QED) is 0.727. The summed E-state index contributed by atoms with van der Waals surface area (Å²) in [6, 6.07) is 4.77. The summed E-state index contributed by atoms with van der Waals surface area (Å²) in [6.45, 7) is 6.44. The first kappa shape index (κ1) is 19.4. The molecule has 2 bridgehead atoms. The number of rotatable bonds is 6. The molecule has 7 heteroatoms. The van der Waals surface area contributed by atoms with Crippen molar-refractivity contribution in [3.8, 4) is 0 Å². The minimum Gasteiger partial charge on any atom is -0.383 e. The Bertz CT molecular complexity index is 897. The Kier molecular flexibility index (Phi) is 5.56. The number of aromatic nitrogens is 2. The molecule has 0 amide bonds. The molecule has 2 saturated heterocycles. The van der Waals surface area contributed by atoms with Crippen molar-refractivity contribution in [2.24, 2.45) is 5.92 Å². The Morgan fingerprint density at radius 1 is 1.24 bits per heavy atom. The maximum atomic E-state index is 13.3. The molecular weight excluding hydrogens is 384 g/mol. The van der Waals surface area contributed by atoms with Crippen LogP contribution in [0.1, 0.15) is 41.4 Å². The van der Waals surface area contributed by atoms with Crippen LogP contribution >= 0.6 is 11.3 Å². The Labute approximate surface area is 176 Å². The summed E-state index contributed by atoms with van der Waals surface area (Å²) in [7, 11) is 1.76. The van der Waals surface area contributed by atoms with Crippen LogP contribution < -0.4 is 5.56 Å². The number of likely N-dealkylation sites (tertiary alicyclic amines) is 2. The van der Waals surface area contributed by atoms with Crippen LogP contribution in [0.2, 0.25) is 0 Å². The van der Waals surface area contributed by atoms with Gasteiger partial charge in [-0.3, -0.25) is 14.6 Å². The zero-order valence-electron chi connectivity index (χ0n) is 17.1. The molecule has 0 aromatic carbocycles. The van der Waals surface area contributed by atoms with Crippen molar-refractivity contribution in [2.75, 3.05) is 33.4 Å². The van der Waals surface area contributed by atoms with Crippen LogP contribution in [0.15, 0.2) is 28.5 Å². The molecule has 2 aromatic rings. The maximum Gasteiger partial charge on any atom is 0.255 e. The summed E-state index contributed by atoms with van der Waals surface area (Å²) >= 11 is 1.73. The highest BCUT2D eigenvalue weighted by Gasteiger charge is 2.35. The predicted octanol–water partition coefficient (Wildman–Crippen LogP) is 2.53. The molecule has 3 aliphatic heterocycles. The van der Waals surface area contributed by atoms with E-state index in [1.54, 1.807) is 18.4 Å². The van der Waals surface area contributed by atoms with Gasteiger partial charge in [0.25, 0.3) is 5.56 Å². The Morgan fingerprint density at radius 2 is 2.17 bits per heavy atom. The van der Waals surface area contributed by atoms with Crippen LogP contribution in [0.5, 0.6) is 0 Å². The van der Waals surface area contributed by atoms with Gasteiger partial charge in [0.05, 0.1) is 13.2 Å². The molecule has 2 aromatic heterocycles. The number of piperidine rings is 1. The van der Waals surface area contributed by atoms with Crippen LogP contribution in [0.4, 0.5) is 0 Å². The summed E-state index contributed by atoms with van der Waals surface area (Å²) in [5, 5.41) is 3.24. The van der Waals surface area contributed by atoms with E-state index < -0.39 is 0 Å². The Hall–Kier alpha value is -1.54. The van der Waals surface area contributed by atoms with Crippen LogP contribution in [0.3, 0.4) is 0 Å². The zero-order chi connectivity index (χ0) is 19.8. The van der Waals surface area contributed by atoms with Crippen molar-refractivity contribution in [3.63, 3.8) is 0 Å². The van der Waals surface area contributed by atoms with Crippen molar-refractivity contribution in [1.82, 2.24) is 19.4 Å². The van der Waals surface area contributed by atoms with Crippen molar-refractivity contribution in [1.29, 1.82) is 0 Å². The lowest BCUT2D eigenvalue weighted by atomic mass is 9.83. The zero-order valence-corrected chi connectivity index (χ0v) is 17.9. The van der Waals surface area contributed by atoms with E-state index in [-0.39, 0.29) is 5.56 Å². The normalized spacial score (nSPS) is 27.3. The smallest absolute Gasteiger partial charge is 0.255 e. The van der Waals surface area contributed by atoms with Crippen LogP contribution in [0.25, 0.3) is 0 Å². The number of nitrogens with zero attached hydrogens (tertiary/aromatic N) is 4. The van der Waals surface area contributed by atoms with Crippen LogP contribution in [-0.2, 0) is 24.4 Å². The van der Waals surface area contributed by atoms with E-state index in [0.717, 1.165) is 51.4 Å². The lowest BCUT2D eigenvalue weighted by molar-refractivity contribution is 0.109. The van der Waals surface area contributed by atoms with Crippen molar-refractivity contribution >= 4 is 11.3 Å². The van der Waals surface area contributed by atoms with Gasteiger partial charge in [0.15, 0.2) is 0 Å². The van der Waals surface area contributed by atoms with Gasteiger partial charge in [-0.15, -0.1) is 11.3 Å². The molecule has 0 saturated carbocycles. The van der Waals surface area contributed by atoms with E-state index in [9.17, 15) is 4.79 Å². The standard InChI is InChI=1S/C22H30N4O2S/c1-28-15-19-3-2-7-25(19)13-17-4-5-20-18-9-16(11-26(20)22(17)27)10-24(12-18)14-21-23-6-8-29-21/h4-6,8,16,18-19H,2-3,7,9-15H2,1H3/t16-,18+,19-/m0/s1. The summed E-state index contributed by atoms with van der Waals surface area (Å²) < 4.78 is 7.47. The largest absolute Gasteiger partial charge is 0.383 e. The van der Waals surface area contributed by atoms with E-state index in [1.807, 2.05) is 11.6 Å². The number of pyridine rings is 1. The molecular formula is C22H30N4O2S. The summed E-state index contributed by atoms with van der Waals surface area (Å²) in [4.78, 5) is 22.7. The minimum atomic E-state index is 0.230. The van der Waals surface area contributed by atoms with Gasteiger partial charge in [-0.05, 0) is 37.8 Å². The fourth-order valence-corrected chi connectivity index (χ4v) is 6.22. The number of fused-ring (bicyclic) bond motifs is 4. The second-order valence-electron chi connectivity index (χ2n) is 8.84. The molecule has 156 valence electrons. The van der Waals surface area contributed by atoms with E-state index >= 15 is 0 Å². The highest BCUT2D eigenvalue weighted by atomic mass is 32.1. The Morgan fingerprint density at radius 3 is 3.00 bits per heavy atom. The summed E-state index contributed by atoms with van der Waals surface area (Å²) in [5.74, 6) is 1.01. The summed E-state index contributed by atoms with van der Waals surface area (Å²) in [5.41, 5.74) is 2.40. The van der Waals surface area contributed by atoms with Crippen molar-refractivity contribution in [3.05, 3.63) is 50.3 Å². The first-order valence-corrected chi connectivity index (χ1v) is 11.7. The molecule has 2 fully saturated rings. The second kappa shape index (κ2) is 8.30. The topological polar surface area (TPSA) is 50.6 Å². The molecule has 5 rings (SSSR count). The second-order valence-corrected chi connectivity index (χ2v) is 9.82. The van der Waals surface area contributed by atoms with Gasteiger partial charge in [0.1, 0.15) is 5.01 Å². The molecule has 0 aliphatic carbocycles. The highest BCUT2D eigenvalue weighted by molar-refractivity contribution is 7.09. The van der Waals surface area contributed by atoms with E-state index in [2.05, 4.69) is 31.5 Å². The molecule has 29 heavy (non-hydrogen) atoms. The monoisotopic (exact) mass is 414 g/mol. The van der Waals surface area contributed by atoms with Crippen LogP contribution in [0, 0.1) is 5.92 Å². The number of thiazole rings is 1. The fraction of sp³-hybridized carbons (Fsp3) is 0.636. The van der Waals surface area contributed by atoms with Gasteiger partial charge in [-0.25, -0.2) is 4.98 Å². The predicted molar refractivity (Wildman–Crippen MR) is 114 cm³/mol. The van der Waals surface area contributed by atoms with Gasteiger partial charge in [0, 0.05) is 68.1 Å². The lowest BCUT2D eigenvalue weighted by Crippen LogP contribution is -2.47. The molecule has 3 atom stereocenters. The van der Waals surface area contributed by atoms with Gasteiger partial charge in [-0.1, -0.05) is 6.07 Å². The van der Waals surface area contributed by atoms with Gasteiger partial charge in [0.2, 0.25) is 0 Å². The number of hydrogen-bond donors (Lipinski definition) is 0. The molecule has 0 radical (unpaired) electrons. The molecule has 0 unspecified atom stereocenters. The maximum absolute atomic E-state index is 13.3. The van der Waals surface area contributed by atoms with Crippen molar-refractivity contribution < 1.29 is 4.74 Å². The molecule has 6 nitrogen and oxygen atoms in total. The number of hydrogen-bond acceptors (Lipinski definition) is 6. The van der Waals surface area contributed by atoms with Gasteiger partial charge >= 0.3 is 0 Å². The first-order valence-electron chi connectivity index (χ1n) is 10.8. The van der Waals surface area contributed by atoms with Gasteiger partial charge < -0.3 is 9.30 Å². The summed E-state index contributed by atoms with van der Waals surface area (Å²) in [6.07, 6.45) is 5.45. The first-order chi connectivity index (χ1) is 14.2.